The molecule has 0 aliphatic heterocycles. The van der Waals surface area contributed by atoms with E-state index in [0.29, 0.717) is 0 Å². The predicted molar refractivity (Wildman–Crippen MR) is 145 cm³/mol. The van der Waals surface area contributed by atoms with Gasteiger partial charge in [-0.25, -0.2) is 31.5 Å². The number of aromatic nitrogens is 2. The Kier molecular flexibility index (Phi) is 8.17. The van der Waals surface area contributed by atoms with Crippen LogP contribution >= 0.6 is 23.2 Å². The van der Waals surface area contributed by atoms with Crippen LogP contribution in [-0.2, 0) is 24.8 Å². The molecule has 0 aliphatic carbocycles. The first-order chi connectivity index (χ1) is 18.1. The SMILES string of the molecule is O=C(CN(c1cccc(Cl)c1Cl)S(=O)(=O)c1ccccc1)Nc1ccc(S(=O)(=O)Nc2ncccn2)cc1. The van der Waals surface area contributed by atoms with Gasteiger partial charge in [0.05, 0.1) is 25.5 Å². The molecular weight excluding hydrogens is 573 g/mol. The number of hydrogen-bond donors (Lipinski definition) is 2. The van der Waals surface area contributed by atoms with E-state index in [2.05, 4.69) is 20.0 Å². The highest BCUT2D eigenvalue weighted by Crippen LogP contribution is 2.35. The Bertz CT molecular complexity index is 1660. The Labute approximate surface area is 229 Å². The Hall–Kier alpha value is -3.71. The normalized spacial score (nSPS) is 11.5. The van der Waals surface area contributed by atoms with Crippen LogP contribution in [0, 0.1) is 0 Å². The first-order valence-corrected chi connectivity index (χ1v) is 14.5. The number of carbonyl (C=O) groups is 1. The molecule has 0 fully saturated rings. The van der Waals surface area contributed by atoms with Crippen molar-refractivity contribution in [3.05, 3.63) is 101 Å². The fourth-order valence-electron chi connectivity index (χ4n) is 3.28. The number of hydrogen-bond acceptors (Lipinski definition) is 7. The van der Waals surface area contributed by atoms with Crippen LogP contribution in [0.3, 0.4) is 0 Å². The van der Waals surface area contributed by atoms with E-state index in [-0.39, 0.29) is 37.2 Å². The van der Waals surface area contributed by atoms with Crippen molar-refractivity contribution in [3.63, 3.8) is 0 Å². The van der Waals surface area contributed by atoms with Crippen LogP contribution < -0.4 is 14.3 Å². The maximum absolute atomic E-state index is 13.4. The molecule has 1 amide bonds. The summed E-state index contributed by atoms with van der Waals surface area (Å²) < 4.78 is 55.1. The highest BCUT2D eigenvalue weighted by molar-refractivity contribution is 7.93. The molecule has 4 rings (SSSR count). The van der Waals surface area contributed by atoms with Crippen molar-refractivity contribution in [1.82, 2.24) is 9.97 Å². The third-order valence-electron chi connectivity index (χ3n) is 5.06. The molecule has 0 saturated carbocycles. The van der Waals surface area contributed by atoms with Crippen LogP contribution in [0.2, 0.25) is 10.0 Å². The minimum atomic E-state index is -4.21. The number of nitrogens with zero attached hydrogens (tertiary/aromatic N) is 3. The van der Waals surface area contributed by atoms with E-state index in [9.17, 15) is 21.6 Å². The minimum Gasteiger partial charge on any atom is -0.325 e. The van der Waals surface area contributed by atoms with Crippen molar-refractivity contribution in [1.29, 1.82) is 0 Å². The summed E-state index contributed by atoms with van der Waals surface area (Å²) in [7, 11) is -8.18. The summed E-state index contributed by atoms with van der Waals surface area (Å²) in [5.41, 5.74) is 0.257. The molecule has 196 valence electrons. The number of anilines is 3. The summed E-state index contributed by atoms with van der Waals surface area (Å²) in [6, 6.07) is 18.8. The molecule has 0 aliphatic rings. The molecule has 0 bridgehead atoms. The van der Waals surface area contributed by atoms with Crippen LogP contribution in [0.4, 0.5) is 17.3 Å². The van der Waals surface area contributed by atoms with Crippen molar-refractivity contribution in [2.45, 2.75) is 9.79 Å². The molecule has 2 N–H and O–H groups in total. The Balaban J connectivity index is 1.56. The molecule has 1 aromatic heterocycles. The summed E-state index contributed by atoms with van der Waals surface area (Å²) in [6.07, 6.45) is 2.78. The van der Waals surface area contributed by atoms with Gasteiger partial charge in [-0.15, -0.1) is 0 Å². The summed E-state index contributed by atoms with van der Waals surface area (Å²) in [4.78, 5) is 20.5. The fourth-order valence-corrected chi connectivity index (χ4v) is 6.14. The molecule has 0 spiro atoms. The van der Waals surface area contributed by atoms with E-state index in [1.54, 1.807) is 24.3 Å². The molecular formula is C24H19Cl2N5O5S2. The van der Waals surface area contributed by atoms with Gasteiger partial charge in [-0.2, -0.15) is 0 Å². The number of benzene rings is 3. The standard InChI is InChI=1S/C24H19Cl2N5O5S2/c25-20-8-4-9-21(23(20)26)31(38(35,36)19-6-2-1-3-7-19)16-22(32)29-17-10-12-18(13-11-17)37(33,34)30-24-27-14-5-15-28-24/h1-15H,16H2,(H,29,32)(H,27,28,30). The second-order valence-corrected chi connectivity index (χ2v) is 12.0. The number of amides is 1. The van der Waals surface area contributed by atoms with Gasteiger partial charge >= 0.3 is 0 Å². The number of halogens is 2. The first-order valence-electron chi connectivity index (χ1n) is 10.8. The molecule has 0 atom stereocenters. The van der Waals surface area contributed by atoms with Gasteiger partial charge in [-0.1, -0.05) is 47.5 Å². The lowest BCUT2D eigenvalue weighted by molar-refractivity contribution is -0.114. The van der Waals surface area contributed by atoms with E-state index in [0.717, 1.165) is 4.31 Å². The second-order valence-electron chi connectivity index (χ2n) is 7.65. The average Bonchev–Trinajstić information content (AvgIpc) is 2.90. The van der Waals surface area contributed by atoms with Gasteiger partial charge in [0.1, 0.15) is 6.54 Å². The number of nitrogens with one attached hydrogen (secondary N) is 2. The third-order valence-corrected chi connectivity index (χ3v) is 8.99. The summed E-state index contributed by atoms with van der Waals surface area (Å²) in [6.45, 7) is -0.635. The van der Waals surface area contributed by atoms with Crippen molar-refractivity contribution >= 4 is 66.5 Å². The third kappa shape index (κ3) is 6.22. The summed E-state index contributed by atoms with van der Waals surface area (Å²) >= 11 is 12.4. The summed E-state index contributed by atoms with van der Waals surface area (Å²) in [5.74, 6) is -0.795. The predicted octanol–water partition coefficient (Wildman–Crippen LogP) is 4.42. The van der Waals surface area contributed by atoms with E-state index in [1.165, 1.54) is 67.0 Å². The van der Waals surface area contributed by atoms with E-state index in [1.807, 2.05) is 0 Å². The minimum absolute atomic E-state index is 0.0221. The van der Waals surface area contributed by atoms with Crippen LogP contribution in [0.15, 0.2) is 101 Å². The highest BCUT2D eigenvalue weighted by Gasteiger charge is 2.29. The van der Waals surface area contributed by atoms with E-state index in [4.69, 9.17) is 23.2 Å². The zero-order valence-electron chi connectivity index (χ0n) is 19.3. The van der Waals surface area contributed by atoms with Gasteiger partial charge in [-0.3, -0.25) is 9.10 Å². The number of sulfonamides is 2. The van der Waals surface area contributed by atoms with Crippen molar-refractivity contribution in [2.24, 2.45) is 0 Å². The van der Waals surface area contributed by atoms with Gasteiger partial charge in [0.25, 0.3) is 20.0 Å². The van der Waals surface area contributed by atoms with Gasteiger partial charge in [0, 0.05) is 18.1 Å². The topological polar surface area (TPSA) is 138 Å². The lowest BCUT2D eigenvalue weighted by Crippen LogP contribution is -2.38. The molecule has 0 radical (unpaired) electrons. The fraction of sp³-hybridized carbons (Fsp3) is 0.0417. The zero-order chi connectivity index (χ0) is 27.3. The lowest BCUT2D eigenvalue weighted by Gasteiger charge is -2.25. The molecule has 0 unspecified atom stereocenters. The molecule has 1 heterocycles. The molecule has 10 nitrogen and oxygen atoms in total. The van der Waals surface area contributed by atoms with Crippen LogP contribution in [-0.4, -0.2) is 39.3 Å². The van der Waals surface area contributed by atoms with Gasteiger partial charge in [0.2, 0.25) is 11.9 Å². The Morgan fingerprint density at radius 1 is 0.789 bits per heavy atom. The maximum Gasteiger partial charge on any atom is 0.264 e. The molecule has 14 heteroatoms. The Morgan fingerprint density at radius 2 is 1.45 bits per heavy atom. The van der Waals surface area contributed by atoms with Crippen molar-refractivity contribution < 1.29 is 21.6 Å². The Morgan fingerprint density at radius 3 is 2.11 bits per heavy atom. The zero-order valence-corrected chi connectivity index (χ0v) is 22.5. The molecule has 38 heavy (non-hydrogen) atoms. The molecule has 3 aromatic carbocycles. The maximum atomic E-state index is 13.4. The van der Waals surface area contributed by atoms with Crippen molar-refractivity contribution in [2.75, 3.05) is 20.9 Å². The van der Waals surface area contributed by atoms with Crippen LogP contribution in [0.25, 0.3) is 0 Å². The smallest absolute Gasteiger partial charge is 0.264 e. The highest BCUT2D eigenvalue weighted by atomic mass is 35.5. The van der Waals surface area contributed by atoms with Crippen LogP contribution in [0.1, 0.15) is 0 Å². The molecule has 0 saturated heterocycles. The monoisotopic (exact) mass is 591 g/mol. The number of carbonyl (C=O) groups excluding carboxylic acids is 1. The summed E-state index contributed by atoms with van der Waals surface area (Å²) in [5, 5.41) is 2.65. The first kappa shape index (κ1) is 27.3. The van der Waals surface area contributed by atoms with E-state index >= 15 is 0 Å². The lowest BCUT2D eigenvalue weighted by atomic mass is 10.3. The molecule has 4 aromatic rings. The van der Waals surface area contributed by atoms with Gasteiger partial charge in [-0.05, 0) is 54.6 Å². The van der Waals surface area contributed by atoms with E-state index < -0.39 is 32.5 Å². The van der Waals surface area contributed by atoms with Crippen LogP contribution in [0.5, 0.6) is 0 Å². The largest absolute Gasteiger partial charge is 0.325 e. The second kappa shape index (κ2) is 11.4. The van der Waals surface area contributed by atoms with Gasteiger partial charge in [0.15, 0.2) is 0 Å². The quantitative estimate of drug-likeness (QED) is 0.294. The number of rotatable bonds is 9. The van der Waals surface area contributed by atoms with Crippen molar-refractivity contribution in [3.8, 4) is 0 Å². The van der Waals surface area contributed by atoms with Gasteiger partial charge < -0.3 is 5.32 Å². The average molecular weight is 592 g/mol.